The molecule has 0 saturated heterocycles. The van der Waals surface area contributed by atoms with Crippen LogP contribution >= 0.6 is 0 Å². The van der Waals surface area contributed by atoms with Gasteiger partial charge in [0.25, 0.3) is 0 Å². The molecule has 0 amide bonds. The van der Waals surface area contributed by atoms with Gasteiger partial charge in [-0.2, -0.15) is 0 Å². The fourth-order valence-corrected chi connectivity index (χ4v) is 3.21. The standard InChI is InChI=1S/C17H27NO2/c1-4-13-5-7-15(8-6-13)18(2)12-14-11-16(20-3)9-10-17(14)19/h9-11,13,15,19H,4-8,12H2,1-3H3. The molecule has 2 rings (SSSR count). The van der Waals surface area contributed by atoms with E-state index < -0.39 is 0 Å². The first-order chi connectivity index (χ1) is 9.63. The smallest absolute Gasteiger partial charge is 0.120 e. The summed E-state index contributed by atoms with van der Waals surface area (Å²) >= 11 is 0. The summed E-state index contributed by atoms with van der Waals surface area (Å²) in [6.45, 7) is 3.08. The molecule has 0 aliphatic heterocycles. The summed E-state index contributed by atoms with van der Waals surface area (Å²) in [6, 6.07) is 6.09. The predicted molar refractivity (Wildman–Crippen MR) is 82.2 cm³/mol. The maximum Gasteiger partial charge on any atom is 0.120 e. The molecule has 3 heteroatoms. The van der Waals surface area contributed by atoms with E-state index >= 15 is 0 Å². The van der Waals surface area contributed by atoms with Crippen LogP contribution in [0.2, 0.25) is 0 Å². The molecule has 0 spiro atoms. The zero-order valence-electron chi connectivity index (χ0n) is 12.9. The molecule has 1 aliphatic rings. The molecule has 0 aromatic heterocycles. The molecule has 0 radical (unpaired) electrons. The van der Waals surface area contributed by atoms with E-state index in [2.05, 4.69) is 18.9 Å². The van der Waals surface area contributed by atoms with E-state index in [0.717, 1.165) is 23.8 Å². The Balaban J connectivity index is 1.96. The Morgan fingerprint density at radius 2 is 1.95 bits per heavy atom. The van der Waals surface area contributed by atoms with Gasteiger partial charge in [0.15, 0.2) is 0 Å². The van der Waals surface area contributed by atoms with Gasteiger partial charge in [-0.1, -0.05) is 13.3 Å². The van der Waals surface area contributed by atoms with Crippen molar-refractivity contribution in [3.63, 3.8) is 0 Å². The highest BCUT2D eigenvalue weighted by Gasteiger charge is 2.23. The summed E-state index contributed by atoms with van der Waals surface area (Å²) in [5.74, 6) is 2.09. The Morgan fingerprint density at radius 1 is 1.25 bits per heavy atom. The minimum absolute atomic E-state index is 0.361. The minimum Gasteiger partial charge on any atom is -0.508 e. The molecular weight excluding hydrogens is 250 g/mol. The normalized spacial score (nSPS) is 23.0. The molecule has 1 aliphatic carbocycles. The van der Waals surface area contributed by atoms with Crippen LogP contribution in [0.1, 0.15) is 44.6 Å². The van der Waals surface area contributed by atoms with E-state index in [9.17, 15) is 5.11 Å². The number of rotatable bonds is 5. The Morgan fingerprint density at radius 3 is 2.55 bits per heavy atom. The molecule has 20 heavy (non-hydrogen) atoms. The molecule has 1 fully saturated rings. The van der Waals surface area contributed by atoms with Crippen molar-refractivity contribution < 1.29 is 9.84 Å². The van der Waals surface area contributed by atoms with Gasteiger partial charge in [0.1, 0.15) is 11.5 Å². The van der Waals surface area contributed by atoms with E-state index in [1.54, 1.807) is 19.2 Å². The molecule has 1 aromatic rings. The third-order valence-corrected chi connectivity index (χ3v) is 4.72. The van der Waals surface area contributed by atoms with Crippen molar-refractivity contribution in [3.05, 3.63) is 23.8 Å². The number of hydrogen-bond acceptors (Lipinski definition) is 3. The van der Waals surface area contributed by atoms with Crippen LogP contribution < -0.4 is 4.74 Å². The SMILES string of the molecule is CCC1CCC(N(C)Cc2cc(OC)ccc2O)CC1. The molecule has 0 atom stereocenters. The zero-order chi connectivity index (χ0) is 14.5. The Hall–Kier alpha value is -1.22. The summed E-state index contributed by atoms with van der Waals surface area (Å²) in [5.41, 5.74) is 0.949. The van der Waals surface area contributed by atoms with Gasteiger partial charge in [-0.25, -0.2) is 0 Å². The van der Waals surface area contributed by atoms with Crippen molar-refractivity contribution in [3.8, 4) is 11.5 Å². The van der Waals surface area contributed by atoms with Crippen LogP contribution in [0.4, 0.5) is 0 Å². The molecule has 0 heterocycles. The van der Waals surface area contributed by atoms with Gasteiger partial charge in [-0.3, -0.25) is 4.90 Å². The van der Waals surface area contributed by atoms with Gasteiger partial charge < -0.3 is 9.84 Å². The number of ether oxygens (including phenoxy) is 1. The van der Waals surface area contributed by atoms with E-state index in [1.807, 2.05) is 6.07 Å². The van der Waals surface area contributed by atoms with Gasteiger partial charge in [0.05, 0.1) is 7.11 Å². The first-order valence-electron chi connectivity index (χ1n) is 7.70. The first kappa shape index (κ1) is 15.2. The Labute approximate surface area is 122 Å². The van der Waals surface area contributed by atoms with Gasteiger partial charge in [0.2, 0.25) is 0 Å². The van der Waals surface area contributed by atoms with Gasteiger partial charge >= 0.3 is 0 Å². The second-order valence-corrected chi connectivity index (χ2v) is 5.99. The second kappa shape index (κ2) is 6.98. The van der Waals surface area contributed by atoms with Gasteiger partial charge in [-0.05, 0) is 56.8 Å². The largest absolute Gasteiger partial charge is 0.508 e. The molecule has 1 aromatic carbocycles. The van der Waals surface area contributed by atoms with Crippen molar-refractivity contribution in [1.29, 1.82) is 0 Å². The topological polar surface area (TPSA) is 32.7 Å². The highest BCUT2D eigenvalue weighted by molar-refractivity contribution is 5.39. The van der Waals surface area contributed by atoms with Crippen LogP contribution in [0.15, 0.2) is 18.2 Å². The quantitative estimate of drug-likeness (QED) is 0.888. The van der Waals surface area contributed by atoms with Crippen LogP contribution in [0.5, 0.6) is 11.5 Å². The number of phenolic OH excluding ortho intramolecular Hbond substituents is 1. The van der Waals surface area contributed by atoms with Crippen LogP contribution in [-0.2, 0) is 6.54 Å². The molecule has 3 nitrogen and oxygen atoms in total. The maximum atomic E-state index is 9.98. The second-order valence-electron chi connectivity index (χ2n) is 5.99. The lowest BCUT2D eigenvalue weighted by molar-refractivity contribution is 0.156. The summed E-state index contributed by atoms with van der Waals surface area (Å²) in [5, 5.41) is 9.98. The molecule has 1 N–H and O–H groups in total. The summed E-state index contributed by atoms with van der Waals surface area (Å²) in [4.78, 5) is 2.38. The van der Waals surface area contributed by atoms with Gasteiger partial charge in [0, 0.05) is 18.2 Å². The first-order valence-corrected chi connectivity index (χ1v) is 7.70. The lowest BCUT2D eigenvalue weighted by Crippen LogP contribution is -2.34. The average Bonchev–Trinajstić information content (AvgIpc) is 2.49. The van der Waals surface area contributed by atoms with Crippen molar-refractivity contribution >= 4 is 0 Å². The van der Waals surface area contributed by atoms with Gasteiger partial charge in [-0.15, -0.1) is 0 Å². The number of methoxy groups -OCH3 is 1. The number of hydrogen-bond donors (Lipinski definition) is 1. The van der Waals surface area contributed by atoms with Crippen LogP contribution in [0.3, 0.4) is 0 Å². The fraction of sp³-hybridized carbons (Fsp3) is 0.647. The van der Waals surface area contributed by atoms with Crippen molar-refractivity contribution in [2.24, 2.45) is 5.92 Å². The Bertz CT molecular complexity index is 425. The lowest BCUT2D eigenvalue weighted by Gasteiger charge is -2.34. The molecular formula is C17H27NO2. The molecule has 0 unspecified atom stereocenters. The zero-order valence-corrected chi connectivity index (χ0v) is 12.9. The summed E-state index contributed by atoms with van der Waals surface area (Å²) in [6.07, 6.45) is 6.55. The third-order valence-electron chi connectivity index (χ3n) is 4.72. The number of phenols is 1. The maximum absolute atomic E-state index is 9.98. The van der Waals surface area contributed by atoms with Crippen molar-refractivity contribution in [2.75, 3.05) is 14.2 Å². The van der Waals surface area contributed by atoms with Crippen LogP contribution in [-0.4, -0.2) is 30.2 Å². The molecule has 0 bridgehead atoms. The van der Waals surface area contributed by atoms with E-state index in [0.29, 0.717) is 11.8 Å². The fourth-order valence-electron chi connectivity index (χ4n) is 3.21. The van der Waals surface area contributed by atoms with Crippen LogP contribution in [0, 0.1) is 5.92 Å². The highest BCUT2D eigenvalue weighted by atomic mass is 16.5. The number of benzene rings is 1. The van der Waals surface area contributed by atoms with Crippen molar-refractivity contribution in [2.45, 2.75) is 51.6 Å². The monoisotopic (exact) mass is 277 g/mol. The van der Waals surface area contributed by atoms with Crippen LogP contribution in [0.25, 0.3) is 0 Å². The third kappa shape index (κ3) is 3.66. The van der Waals surface area contributed by atoms with Crippen molar-refractivity contribution in [1.82, 2.24) is 4.90 Å². The lowest BCUT2D eigenvalue weighted by atomic mass is 9.84. The average molecular weight is 277 g/mol. The number of aromatic hydroxyl groups is 1. The van der Waals surface area contributed by atoms with E-state index in [4.69, 9.17) is 4.74 Å². The Kier molecular flexibility index (Phi) is 5.30. The predicted octanol–water partition coefficient (Wildman–Crippen LogP) is 3.80. The minimum atomic E-state index is 0.361. The molecule has 112 valence electrons. The molecule has 1 saturated carbocycles. The summed E-state index contributed by atoms with van der Waals surface area (Å²) < 4.78 is 5.24. The number of nitrogens with zero attached hydrogens (tertiary/aromatic N) is 1. The van der Waals surface area contributed by atoms with E-state index in [1.165, 1.54) is 32.1 Å². The summed E-state index contributed by atoms with van der Waals surface area (Å²) in [7, 11) is 3.82. The highest BCUT2D eigenvalue weighted by Crippen LogP contribution is 2.31. The van der Waals surface area contributed by atoms with E-state index in [-0.39, 0.29) is 0 Å².